The van der Waals surface area contributed by atoms with Crippen molar-refractivity contribution in [3.05, 3.63) is 17.5 Å². The average Bonchev–Trinajstić information content (AvgIpc) is 2.54. The number of aromatic nitrogens is 2. The van der Waals surface area contributed by atoms with Crippen LogP contribution in [0.1, 0.15) is 24.7 Å². The molecule has 1 unspecified atom stereocenters. The van der Waals surface area contributed by atoms with Gasteiger partial charge in [0.25, 0.3) is 0 Å². The molecule has 0 radical (unpaired) electrons. The Morgan fingerprint density at radius 3 is 2.62 bits per heavy atom. The van der Waals surface area contributed by atoms with E-state index < -0.39 is 11.5 Å². The van der Waals surface area contributed by atoms with E-state index in [4.69, 9.17) is 4.74 Å². The molecule has 5 heteroatoms. The number of hydrogen-bond acceptors (Lipinski definition) is 3. The molecule has 0 aliphatic rings. The zero-order chi connectivity index (χ0) is 12.3. The number of hydrogen-bond donors (Lipinski definition) is 1. The van der Waals surface area contributed by atoms with Gasteiger partial charge in [-0.15, -0.1) is 0 Å². The molecule has 0 fully saturated rings. The molecule has 1 aromatic rings. The SMILES string of the molecule is COCCC(C)(C(=O)O)n1nc(C)cc1C. The Morgan fingerprint density at radius 2 is 2.25 bits per heavy atom. The van der Waals surface area contributed by atoms with Crippen LogP contribution in [0.3, 0.4) is 0 Å². The van der Waals surface area contributed by atoms with Gasteiger partial charge in [-0.3, -0.25) is 4.68 Å². The molecule has 1 atom stereocenters. The quantitative estimate of drug-likeness (QED) is 0.822. The molecule has 0 bridgehead atoms. The van der Waals surface area contributed by atoms with E-state index in [0.29, 0.717) is 13.0 Å². The summed E-state index contributed by atoms with van der Waals surface area (Å²) in [5.74, 6) is -0.893. The first-order chi connectivity index (χ1) is 7.41. The average molecular weight is 226 g/mol. The second-order valence-electron chi connectivity index (χ2n) is 4.16. The van der Waals surface area contributed by atoms with Gasteiger partial charge in [0, 0.05) is 25.8 Å². The fraction of sp³-hybridized carbons (Fsp3) is 0.636. The van der Waals surface area contributed by atoms with Crippen molar-refractivity contribution < 1.29 is 14.6 Å². The van der Waals surface area contributed by atoms with Gasteiger partial charge < -0.3 is 9.84 Å². The molecule has 0 spiro atoms. The van der Waals surface area contributed by atoms with Crippen LogP contribution in [0.4, 0.5) is 0 Å². The largest absolute Gasteiger partial charge is 0.479 e. The highest BCUT2D eigenvalue weighted by atomic mass is 16.5. The lowest BCUT2D eigenvalue weighted by Crippen LogP contribution is -2.41. The van der Waals surface area contributed by atoms with Crippen molar-refractivity contribution >= 4 is 5.97 Å². The number of aliphatic carboxylic acids is 1. The molecular formula is C11H18N2O3. The lowest BCUT2D eigenvalue weighted by molar-refractivity contribution is -0.148. The molecule has 0 aromatic carbocycles. The summed E-state index contributed by atoms with van der Waals surface area (Å²) in [6, 6.07) is 1.87. The van der Waals surface area contributed by atoms with Crippen molar-refractivity contribution in [2.24, 2.45) is 0 Å². The van der Waals surface area contributed by atoms with Crippen LogP contribution in [0.25, 0.3) is 0 Å². The van der Waals surface area contributed by atoms with E-state index in [2.05, 4.69) is 5.10 Å². The van der Waals surface area contributed by atoms with Gasteiger partial charge in [0.2, 0.25) is 0 Å². The van der Waals surface area contributed by atoms with E-state index >= 15 is 0 Å². The van der Waals surface area contributed by atoms with Crippen LogP contribution in [0.15, 0.2) is 6.07 Å². The summed E-state index contributed by atoms with van der Waals surface area (Å²) in [6.07, 6.45) is 0.390. The number of aryl methyl sites for hydroxylation is 2. The minimum Gasteiger partial charge on any atom is -0.479 e. The van der Waals surface area contributed by atoms with E-state index in [9.17, 15) is 9.90 Å². The number of nitrogens with zero attached hydrogens (tertiary/aromatic N) is 2. The van der Waals surface area contributed by atoms with Crippen LogP contribution >= 0.6 is 0 Å². The first-order valence-corrected chi connectivity index (χ1v) is 5.18. The molecular weight excluding hydrogens is 208 g/mol. The Labute approximate surface area is 95.0 Å². The van der Waals surface area contributed by atoms with Crippen LogP contribution in [0, 0.1) is 13.8 Å². The van der Waals surface area contributed by atoms with Gasteiger partial charge in [-0.05, 0) is 26.8 Å². The highest BCUT2D eigenvalue weighted by molar-refractivity contribution is 5.76. The van der Waals surface area contributed by atoms with Crippen molar-refractivity contribution in [1.82, 2.24) is 9.78 Å². The number of rotatable bonds is 5. The summed E-state index contributed by atoms with van der Waals surface area (Å²) in [5.41, 5.74) is 0.620. The predicted octanol–water partition coefficient (Wildman–Crippen LogP) is 1.34. The van der Waals surface area contributed by atoms with Crippen LogP contribution < -0.4 is 0 Å². The van der Waals surface area contributed by atoms with Crippen LogP contribution in [0.5, 0.6) is 0 Å². The predicted molar refractivity (Wildman–Crippen MR) is 59.5 cm³/mol. The molecule has 1 N–H and O–H groups in total. The molecule has 5 nitrogen and oxygen atoms in total. The smallest absolute Gasteiger partial charge is 0.331 e. The molecule has 0 amide bonds. The first-order valence-electron chi connectivity index (χ1n) is 5.18. The van der Waals surface area contributed by atoms with Crippen molar-refractivity contribution in [1.29, 1.82) is 0 Å². The van der Waals surface area contributed by atoms with Crippen molar-refractivity contribution in [3.8, 4) is 0 Å². The normalized spacial score (nSPS) is 14.8. The van der Waals surface area contributed by atoms with Gasteiger partial charge >= 0.3 is 5.97 Å². The summed E-state index contributed by atoms with van der Waals surface area (Å²) in [4.78, 5) is 11.4. The lowest BCUT2D eigenvalue weighted by atomic mass is 9.98. The highest BCUT2D eigenvalue weighted by Crippen LogP contribution is 2.23. The third-order valence-electron chi connectivity index (χ3n) is 2.73. The Hall–Kier alpha value is -1.36. The van der Waals surface area contributed by atoms with Crippen LogP contribution in [-0.2, 0) is 15.1 Å². The van der Waals surface area contributed by atoms with Crippen molar-refractivity contribution in [2.45, 2.75) is 32.7 Å². The maximum Gasteiger partial charge on any atom is 0.331 e. The third kappa shape index (κ3) is 2.24. The molecule has 0 aliphatic heterocycles. The van der Waals surface area contributed by atoms with Crippen molar-refractivity contribution in [3.63, 3.8) is 0 Å². The monoisotopic (exact) mass is 226 g/mol. The van der Waals surface area contributed by atoms with Crippen LogP contribution in [-0.4, -0.2) is 34.6 Å². The van der Waals surface area contributed by atoms with Crippen molar-refractivity contribution in [2.75, 3.05) is 13.7 Å². The minimum absolute atomic E-state index is 0.390. The fourth-order valence-corrected chi connectivity index (χ4v) is 1.73. The maximum atomic E-state index is 11.4. The van der Waals surface area contributed by atoms with Gasteiger partial charge in [0.1, 0.15) is 0 Å². The second-order valence-corrected chi connectivity index (χ2v) is 4.16. The van der Waals surface area contributed by atoms with E-state index in [1.807, 2.05) is 19.9 Å². The molecule has 0 aliphatic carbocycles. The molecule has 0 saturated heterocycles. The Kier molecular flexibility index (Phi) is 3.70. The second kappa shape index (κ2) is 4.65. The van der Waals surface area contributed by atoms with Gasteiger partial charge in [0.15, 0.2) is 5.54 Å². The van der Waals surface area contributed by atoms with Gasteiger partial charge in [-0.1, -0.05) is 0 Å². The Bertz CT molecular complexity index is 387. The number of methoxy groups -OCH3 is 1. The topological polar surface area (TPSA) is 64.3 Å². The minimum atomic E-state index is -1.05. The summed E-state index contributed by atoms with van der Waals surface area (Å²) in [7, 11) is 1.56. The van der Waals surface area contributed by atoms with Crippen LogP contribution in [0.2, 0.25) is 0 Å². The van der Waals surface area contributed by atoms with Gasteiger partial charge in [-0.25, -0.2) is 4.79 Å². The van der Waals surface area contributed by atoms with E-state index in [0.717, 1.165) is 11.4 Å². The highest BCUT2D eigenvalue weighted by Gasteiger charge is 2.36. The number of carboxylic acids is 1. The lowest BCUT2D eigenvalue weighted by Gasteiger charge is -2.26. The first kappa shape index (κ1) is 12.7. The molecule has 0 saturated carbocycles. The van der Waals surface area contributed by atoms with E-state index in [1.165, 1.54) is 0 Å². The Morgan fingerprint density at radius 1 is 1.62 bits per heavy atom. The molecule has 16 heavy (non-hydrogen) atoms. The molecule has 1 aromatic heterocycles. The number of carbonyl (C=O) groups is 1. The summed E-state index contributed by atoms with van der Waals surface area (Å²) >= 11 is 0. The summed E-state index contributed by atoms with van der Waals surface area (Å²) in [5, 5.41) is 13.6. The standard InChI is InChI=1S/C11H18N2O3/c1-8-7-9(2)13(12-8)11(3,10(14)15)5-6-16-4/h7H,5-6H2,1-4H3,(H,14,15). The zero-order valence-electron chi connectivity index (χ0n) is 10.1. The number of carboxylic acid groups (broad SMARTS) is 1. The maximum absolute atomic E-state index is 11.4. The van der Waals surface area contributed by atoms with Gasteiger partial charge in [0.05, 0.1) is 5.69 Å². The van der Waals surface area contributed by atoms with E-state index in [-0.39, 0.29) is 0 Å². The third-order valence-corrected chi connectivity index (χ3v) is 2.73. The fourth-order valence-electron chi connectivity index (χ4n) is 1.73. The summed E-state index contributed by atoms with van der Waals surface area (Å²) < 4.78 is 6.51. The number of ether oxygens (including phenoxy) is 1. The van der Waals surface area contributed by atoms with E-state index in [1.54, 1.807) is 18.7 Å². The Balaban J connectivity index is 3.10. The zero-order valence-corrected chi connectivity index (χ0v) is 10.1. The van der Waals surface area contributed by atoms with Gasteiger partial charge in [-0.2, -0.15) is 5.10 Å². The molecule has 90 valence electrons. The molecule has 1 heterocycles. The summed E-state index contributed by atoms with van der Waals surface area (Å²) in [6.45, 7) is 5.75. The molecule has 1 rings (SSSR count).